The van der Waals surface area contributed by atoms with E-state index in [-0.39, 0.29) is 23.8 Å². The standard InChI is InChI=1S/C22H32N4O2/c1-7-8-13-25(17(3)27)15-21(28)23-20-14-19(22(4,5)6)24-26(20)18-12-10-9-11-16(18)2/h9-12,14H,7-8,13,15H2,1-6H3,(H,23,28). The van der Waals surface area contributed by atoms with Gasteiger partial charge in [-0.05, 0) is 25.0 Å². The molecule has 152 valence electrons. The maximum Gasteiger partial charge on any atom is 0.245 e. The minimum absolute atomic E-state index is 0.0408. The minimum atomic E-state index is -0.221. The predicted octanol–water partition coefficient (Wildman–Crippen LogP) is 4.07. The van der Waals surface area contributed by atoms with E-state index in [4.69, 9.17) is 5.10 Å². The fourth-order valence-corrected chi connectivity index (χ4v) is 2.87. The van der Waals surface area contributed by atoms with Gasteiger partial charge in [-0.3, -0.25) is 9.59 Å². The molecular weight excluding hydrogens is 352 g/mol. The average molecular weight is 385 g/mol. The molecule has 0 aliphatic rings. The molecule has 28 heavy (non-hydrogen) atoms. The molecular formula is C22H32N4O2. The van der Waals surface area contributed by atoms with Gasteiger partial charge in [-0.25, -0.2) is 4.68 Å². The highest BCUT2D eigenvalue weighted by atomic mass is 16.2. The van der Waals surface area contributed by atoms with E-state index in [2.05, 4.69) is 33.0 Å². The predicted molar refractivity (Wildman–Crippen MR) is 113 cm³/mol. The van der Waals surface area contributed by atoms with E-state index in [0.717, 1.165) is 29.8 Å². The third-order valence-corrected chi connectivity index (χ3v) is 4.65. The Bertz CT molecular complexity index is 833. The number of benzene rings is 1. The number of carbonyl (C=O) groups is 2. The van der Waals surface area contributed by atoms with Crippen molar-refractivity contribution < 1.29 is 9.59 Å². The van der Waals surface area contributed by atoms with Crippen LogP contribution in [0.5, 0.6) is 0 Å². The van der Waals surface area contributed by atoms with Gasteiger partial charge in [0.1, 0.15) is 5.82 Å². The van der Waals surface area contributed by atoms with Crippen LogP contribution in [0, 0.1) is 6.92 Å². The number of para-hydroxylation sites is 1. The van der Waals surface area contributed by atoms with Gasteiger partial charge in [-0.1, -0.05) is 52.3 Å². The first kappa shape index (κ1) is 21.7. The Morgan fingerprint density at radius 1 is 1.21 bits per heavy atom. The molecule has 0 aliphatic heterocycles. The van der Waals surface area contributed by atoms with Crippen LogP contribution in [-0.4, -0.2) is 39.6 Å². The van der Waals surface area contributed by atoms with Crippen molar-refractivity contribution in [2.45, 2.75) is 59.8 Å². The van der Waals surface area contributed by atoms with E-state index in [1.807, 2.05) is 37.3 Å². The number of rotatable bonds is 7. The van der Waals surface area contributed by atoms with Crippen molar-refractivity contribution in [2.24, 2.45) is 0 Å². The number of amides is 2. The topological polar surface area (TPSA) is 67.2 Å². The molecule has 0 saturated carbocycles. The van der Waals surface area contributed by atoms with Crippen molar-refractivity contribution in [1.29, 1.82) is 0 Å². The van der Waals surface area contributed by atoms with Gasteiger partial charge in [0.2, 0.25) is 11.8 Å². The van der Waals surface area contributed by atoms with Crippen LogP contribution in [0.15, 0.2) is 30.3 Å². The first-order valence-electron chi connectivity index (χ1n) is 9.85. The lowest BCUT2D eigenvalue weighted by Crippen LogP contribution is -2.37. The Labute approximate surface area is 167 Å². The van der Waals surface area contributed by atoms with Gasteiger partial charge in [-0.15, -0.1) is 0 Å². The second kappa shape index (κ2) is 9.04. The molecule has 2 rings (SSSR count). The van der Waals surface area contributed by atoms with Gasteiger partial charge in [-0.2, -0.15) is 5.10 Å². The number of unbranched alkanes of at least 4 members (excludes halogenated alkanes) is 1. The highest BCUT2D eigenvalue weighted by molar-refractivity contribution is 5.94. The summed E-state index contributed by atoms with van der Waals surface area (Å²) in [6, 6.07) is 9.84. The van der Waals surface area contributed by atoms with Crippen LogP contribution >= 0.6 is 0 Å². The highest BCUT2D eigenvalue weighted by Crippen LogP contribution is 2.27. The summed E-state index contributed by atoms with van der Waals surface area (Å²) in [5, 5.41) is 7.71. The van der Waals surface area contributed by atoms with E-state index >= 15 is 0 Å². The highest BCUT2D eigenvalue weighted by Gasteiger charge is 2.22. The number of hydrogen-bond donors (Lipinski definition) is 1. The van der Waals surface area contributed by atoms with Crippen LogP contribution in [0.4, 0.5) is 5.82 Å². The number of nitrogens with one attached hydrogen (secondary N) is 1. The second-order valence-corrected chi connectivity index (χ2v) is 8.21. The normalized spacial score (nSPS) is 11.4. The van der Waals surface area contributed by atoms with Gasteiger partial charge in [0.15, 0.2) is 0 Å². The molecule has 0 bridgehead atoms. The van der Waals surface area contributed by atoms with Gasteiger partial charge >= 0.3 is 0 Å². The molecule has 0 aliphatic carbocycles. The summed E-state index contributed by atoms with van der Waals surface area (Å²) in [7, 11) is 0. The van der Waals surface area contributed by atoms with Gasteiger partial charge in [0, 0.05) is 24.9 Å². The smallest absolute Gasteiger partial charge is 0.245 e. The number of anilines is 1. The molecule has 1 heterocycles. The van der Waals surface area contributed by atoms with Crippen LogP contribution in [0.1, 0.15) is 58.7 Å². The molecule has 1 aromatic carbocycles. The third-order valence-electron chi connectivity index (χ3n) is 4.65. The summed E-state index contributed by atoms with van der Waals surface area (Å²) in [5.74, 6) is 0.302. The van der Waals surface area contributed by atoms with Crippen molar-refractivity contribution in [2.75, 3.05) is 18.4 Å². The number of nitrogens with zero attached hydrogens (tertiary/aromatic N) is 3. The molecule has 1 aromatic heterocycles. The Hall–Kier alpha value is -2.63. The lowest BCUT2D eigenvalue weighted by Gasteiger charge is -2.20. The summed E-state index contributed by atoms with van der Waals surface area (Å²) in [4.78, 5) is 26.1. The van der Waals surface area contributed by atoms with Crippen LogP contribution in [-0.2, 0) is 15.0 Å². The maximum atomic E-state index is 12.7. The Kier molecular flexibility index (Phi) is 7.00. The maximum absolute atomic E-state index is 12.7. The third kappa shape index (κ3) is 5.44. The van der Waals surface area contributed by atoms with Crippen LogP contribution in [0.3, 0.4) is 0 Å². The Morgan fingerprint density at radius 2 is 1.89 bits per heavy atom. The molecule has 0 atom stereocenters. The fourth-order valence-electron chi connectivity index (χ4n) is 2.87. The molecule has 6 nitrogen and oxygen atoms in total. The van der Waals surface area contributed by atoms with E-state index in [1.54, 1.807) is 9.58 Å². The number of aromatic nitrogens is 2. The fraction of sp³-hybridized carbons (Fsp3) is 0.500. The number of hydrogen-bond acceptors (Lipinski definition) is 3. The lowest BCUT2D eigenvalue weighted by atomic mass is 9.92. The van der Waals surface area contributed by atoms with Crippen LogP contribution in [0.2, 0.25) is 0 Å². The van der Waals surface area contributed by atoms with Gasteiger partial charge in [0.05, 0.1) is 17.9 Å². The van der Waals surface area contributed by atoms with E-state index in [9.17, 15) is 9.59 Å². The van der Waals surface area contributed by atoms with Crippen LogP contribution < -0.4 is 5.32 Å². The van der Waals surface area contributed by atoms with Gasteiger partial charge in [0.25, 0.3) is 0 Å². The average Bonchev–Trinajstić information content (AvgIpc) is 3.02. The molecule has 0 saturated heterocycles. The lowest BCUT2D eigenvalue weighted by molar-refractivity contribution is -0.132. The summed E-state index contributed by atoms with van der Waals surface area (Å²) in [6.45, 7) is 12.5. The quantitative estimate of drug-likeness (QED) is 0.783. The molecule has 0 radical (unpaired) electrons. The summed E-state index contributed by atoms with van der Waals surface area (Å²) >= 11 is 0. The Morgan fingerprint density at radius 3 is 2.46 bits per heavy atom. The van der Waals surface area contributed by atoms with Crippen molar-refractivity contribution in [1.82, 2.24) is 14.7 Å². The van der Waals surface area contributed by atoms with Crippen molar-refractivity contribution in [3.63, 3.8) is 0 Å². The molecule has 2 aromatic rings. The Balaban J connectivity index is 2.31. The summed E-state index contributed by atoms with van der Waals surface area (Å²) in [5.41, 5.74) is 2.72. The van der Waals surface area contributed by atoms with Crippen molar-refractivity contribution in [3.8, 4) is 5.69 Å². The molecule has 1 N–H and O–H groups in total. The zero-order valence-corrected chi connectivity index (χ0v) is 17.9. The minimum Gasteiger partial charge on any atom is -0.334 e. The zero-order chi connectivity index (χ0) is 20.9. The molecule has 2 amide bonds. The molecule has 0 spiro atoms. The number of carbonyl (C=O) groups excluding carboxylic acids is 2. The SMILES string of the molecule is CCCCN(CC(=O)Nc1cc(C(C)(C)C)nn1-c1ccccc1C)C(C)=O. The first-order chi connectivity index (χ1) is 13.1. The van der Waals surface area contributed by atoms with Crippen LogP contribution in [0.25, 0.3) is 5.69 Å². The summed E-state index contributed by atoms with van der Waals surface area (Å²) in [6.07, 6.45) is 1.85. The zero-order valence-electron chi connectivity index (χ0n) is 17.9. The van der Waals surface area contributed by atoms with E-state index < -0.39 is 0 Å². The summed E-state index contributed by atoms with van der Waals surface area (Å²) < 4.78 is 1.78. The van der Waals surface area contributed by atoms with Crippen molar-refractivity contribution in [3.05, 3.63) is 41.6 Å². The molecule has 0 unspecified atom stereocenters. The molecule has 0 fully saturated rings. The number of aryl methyl sites for hydroxylation is 1. The van der Waals surface area contributed by atoms with Crippen molar-refractivity contribution >= 4 is 17.6 Å². The second-order valence-electron chi connectivity index (χ2n) is 8.21. The first-order valence-corrected chi connectivity index (χ1v) is 9.85. The molecule has 6 heteroatoms. The van der Waals surface area contributed by atoms with Gasteiger partial charge < -0.3 is 10.2 Å². The monoisotopic (exact) mass is 384 g/mol. The van der Waals surface area contributed by atoms with E-state index in [0.29, 0.717) is 12.4 Å². The van der Waals surface area contributed by atoms with E-state index in [1.165, 1.54) is 6.92 Å². The largest absolute Gasteiger partial charge is 0.334 e.